The molecule has 2 rings (SSSR count). The molecule has 104 valence electrons. The van der Waals surface area contributed by atoms with Crippen LogP contribution in [0.4, 0.5) is 0 Å². The van der Waals surface area contributed by atoms with Gasteiger partial charge in [-0.15, -0.1) is 0 Å². The number of hydrogen-bond acceptors (Lipinski definition) is 2. The van der Waals surface area contributed by atoms with Crippen LogP contribution >= 0.6 is 0 Å². The minimum Gasteiger partial charge on any atom is -0.493 e. The summed E-state index contributed by atoms with van der Waals surface area (Å²) in [7, 11) is 0. The number of ketones is 1. The Balaban J connectivity index is 1.84. The van der Waals surface area contributed by atoms with Gasteiger partial charge in [0.15, 0.2) is 0 Å². The fourth-order valence-corrected chi connectivity index (χ4v) is 2.21. The molecule has 2 heteroatoms. The summed E-state index contributed by atoms with van der Waals surface area (Å²) < 4.78 is 5.55. The van der Waals surface area contributed by atoms with E-state index in [-0.39, 0.29) is 5.78 Å². The van der Waals surface area contributed by atoms with Crippen LogP contribution in [-0.4, -0.2) is 12.4 Å². The summed E-state index contributed by atoms with van der Waals surface area (Å²) in [6, 6.07) is 15.7. The minimum atomic E-state index is 0.221. The second-order valence-corrected chi connectivity index (χ2v) is 5.00. The second-order valence-electron chi connectivity index (χ2n) is 5.00. The first-order valence-corrected chi connectivity index (χ1v) is 6.91. The first-order chi connectivity index (χ1) is 9.66. The van der Waals surface area contributed by atoms with Crippen LogP contribution in [0.1, 0.15) is 23.1 Å². The highest BCUT2D eigenvalue weighted by molar-refractivity contribution is 5.81. The molecule has 0 radical (unpaired) electrons. The SMILES string of the molecule is Cc1cccc(C)c1CC(=O)CCOc1ccccc1. The Labute approximate surface area is 120 Å². The zero-order valence-corrected chi connectivity index (χ0v) is 12.1. The summed E-state index contributed by atoms with van der Waals surface area (Å²) in [5, 5.41) is 0. The van der Waals surface area contributed by atoms with E-state index in [2.05, 4.69) is 26.0 Å². The lowest BCUT2D eigenvalue weighted by atomic mass is 9.97. The van der Waals surface area contributed by atoms with Crippen molar-refractivity contribution in [2.75, 3.05) is 6.61 Å². The Kier molecular flexibility index (Phi) is 4.94. The van der Waals surface area contributed by atoms with Crippen molar-refractivity contribution in [1.29, 1.82) is 0 Å². The Morgan fingerprint density at radius 3 is 2.25 bits per heavy atom. The second kappa shape index (κ2) is 6.90. The van der Waals surface area contributed by atoms with E-state index < -0.39 is 0 Å². The Morgan fingerprint density at radius 1 is 0.950 bits per heavy atom. The molecule has 0 saturated heterocycles. The summed E-state index contributed by atoms with van der Waals surface area (Å²) in [6.45, 7) is 4.54. The zero-order chi connectivity index (χ0) is 14.4. The number of benzene rings is 2. The third-order valence-electron chi connectivity index (χ3n) is 3.41. The lowest BCUT2D eigenvalue weighted by Crippen LogP contribution is -2.10. The third kappa shape index (κ3) is 3.95. The lowest BCUT2D eigenvalue weighted by molar-refractivity contribution is -0.118. The molecule has 0 bridgehead atoms. The van der Waals surface area contributed by atoms with Crippen LogP contribution in [0.5, 0.6) is 5.75 Å². The standard InChI is InChI=1S/C18H20O2/c1-14-7-6-8-15(2)18(14)13-16(19)11-12-20-17-9-4-3-5-10-17/h3-10H,11-13H2,1-2H3. The van der Waals surface area contributed by atoms with Gasteiger partial charge < -0.3 is 4.74 Å². The average Bonchev–Trinajstić information content (AvgIpc) is 2.44. The smallest absolute Gasteiger partial charge is 0.140 e. The number of hydrogen-bond donors (Lipinski definition) is 0. The van der Waals surface area contributed by atoms with Crippen LogP contribution in [0.3, 0.4) is 0 Å². The molecule has 0 aliphatic rings. The van der Waals surface area contributed by atoms with E-state index in [1.807, 2.05) is 36.4 Å². The number of carbonyl (C=O) groups is 1. The molecule has 0 aromatic heterocycles. The average molecular weight is 268 g/mol. The van der Waals surface area contributed by atoms with E-state index in [0.717, 1.165) is 11.3 Å². The van der Waals surface area contributed by atoms with Gasteiger partial charge in [0.25, 0.3) is 0 Å². The van der Waals surface area contributed by atoms with Gasteiger partial charge in [-0.05, 0) is 42.7 Å². The maximum Gasteiger partial charge on any atom is 0.140 e. The topological polar surface area (TPSA) is 26.3 Å². The number of para-hydroxylation sites is 1. The molecule has 0 N–H and O–H groups in total. The van der Waals surface area contributed by atoms with E-state index in [4.69, 9.17) is 4.74 Å². The van der Waals surface area contributed by atoms with Gasteiger partial charge >= 0.3 is 0 Å². The van der Waals surface area contributed by atoms with Gasteiger partial charge in [-0.2, -0.15) is 0 Å². The molecule has 0 amide bonds. The number of ether oxygens (including phenoxy) is 1. The van der Waals surface area contributed by atoms with Crippen LogP contribution < -0.4 is 4.74 Å². The van der Waals surface area contributed by atoms with Gasteiger partial charge in [0, 0.05) is 12.8 Å². The molecule has 0 unspecified atom stereocenters. The largest absolute Gasteiger partial charge is 0.493 e. The highest BCUT2D eigenvalue weighted by Crippen LogP contribution is 2.15. The van der Waals surface area contributed by atoms with Gasteiger partial charge in [0.05, 0.1) is 6.61 Å². The lowest BCUT2D eigenvalue weighted by Gasteiger charge is -2.09. The van der Waals surface area contributed by atoms with Crippen molar-refractivity contribution in [3.05, 3.63) is 65.2 Å². The third-order valence-corrected chi connectivity index (χ3v) is 3.41. The van der Waals surface area contributed by atoms with Crippen LogP contribution in [0.25, 0.3) is 0 Å². The van der Waals surface area contributed by atoms with Crippen molar-refractivity contribution >= 4 is 5.78 Å². The first kappa shape index (κ1) is 14.3. The van der Waals surface area contributed by atoms with E-state index >= 15 is 0 Å². The number of rotatable bonds is 6. The van der Waals surface area contributed by atoms with Crippen LogP contribution in [0.2, 0.25) is 0 Å². The summed E-state index contributed by atoms with van der Waals surface area (Å²) in [5.41, 5.74) is 3.52. The number of aryl methyl sites for hydroxylation is 2. The quantitative estimate of drug-likeness (QED) is 0.794. The summed E-state index contributed by atoms with van der Waals surface area (Å²) in [6.07, 6.45) is 0.944. The molecule has 0 aliphatic heterocycles. The molecule has 0 aliphatic carbocycles. The number of Topliss-reactive ketones (excluding diaryl/α,β-unsaturated/α-hetero) is 1. The van der Waals surface area contributed by atoms with E-state index in [0.29, 0.717) is 19.4 Å². The zero-order valence-electron chi connectivity index (χ0n) is 12.1. The van der Waals surface area contributed by atoms with Crippen LogP contribution in [0.15, 0.2) is 48.5 Å². The molecule has 0 fully saturated rings. The summed E-state index contributed by atoms with van der Waals surface area (Å²) in [4.78, 5) is 12.0. The summed E-state index contributed by atoms with van der Waals surface area (Å²) >= 11 is 0. The van der Waals surface area contributed by atoms with E-state index in [1.165, 1.54) is 11.1 Å². The summed E-state index contributed by atoms with van der Waals surface area (Å²) in [5.74, 6) is 1.03. The highest BCUT2D eigenvalue weighted by Gasteiger charge is 2.08. The molecular formula is C18H20O2. The molecule has 2 nitrogen and oxygen atoms in total. The molecule has 2 aromatic rings. The van der Waals surface area contributed by atoms with Crippen LogP contribution in [-0.2, 0) is 11.2 Å². The highest BCUT2D eigenvalue weighted by atomic mass is 16.5. The normalized spacial score (nSPS) is 10.3. The molecule has 2 aromatic carbocycles. The Bertz CT molecular complexity index is 553. The van der Waals surface area contributed by atoms with E-state index in [1.54, 1.807) is 0 Å². The molecule has 0 spiro atoms. The first-order valence-electron chi connectivity index (χ1n) is 6.91. The van der Waals surface area contributed by atoms with Gasteiger partial charge in [0.1, 0.15) is 11.5 Å². The van der Waals surface area contributed by atoms with Gasteiger partial charge in [-0.1, -0.05) is 36.4 Å². The van der Waals surface area contributed by atoms with Crippen molar-refractivity contribution in [3.63, 3.8) is 0 Å². The van der Waals surface area contributed by atoms with Crippen molar-refractivity contribution < 1.29 is 9.53 Å². The van der Waals surface area contributed by atoms with Gasteiger partial charge in [-0.3, -0.25) is 4.79 Å². The van der Waals surface area contributed by atoms with Crippen molar-refractivity contribution in [2.45, 2.75) is 26.7 Å². The predicted octanol–water partition coefficient (Wildman–Crippen LogP) is 3.88. The molecule has 0 heterocycles. The Hall–Kier alpha value is -2.09. The fraction of sp³-hybridized carbons (Fsp3) is 0.278. The monoisotopic (exact) mass is 268 g/mol. The van der Waals surface area contributed by atoms with Gasteiger partial charge in [-0.25, -0.2) is 0 Å². The van der Waals surface area contributed by atoms with Crippen molar-refractivity contribution in [3.8, 4) is 5.75 Å². The van der Waals surface area contributed by atoms with Crippen LogP contribution in [0, 0.1) is 13.8 Å². The maximum absolute atomic E-state index is 12.0. The minimum absolute atomic E-state index is 0.221. The Morgan fingerprint density at radius 2 is 1.60 bits per heavy atom. The molecule has 0 saturated carbocycles. The maximum atomic E-state index is 12.0. The van der Waals surface area contributed by atoms with E-state index in [9.17, 15) is 4.79 Å². The molecular weight excluding hydrogens is 248 g/mol. The van der Waals surface area contributed by atoms with Gasteiger partial charge in [0.2, 0.25) is 0 Å². The van der Waals surface area contributed by atoms with Crippen molar-refractivity contribution in [1.82, 2.24) is 0 Å². The molecule has 20 heavy (non-hydrogen) atoms. The fourth-order valence-electron chi connectivity index (χ4n) is 2.21. The molecule has 0 atom stereocenters. The van der Waals surface area contributed by atoms with Crippen molar-refractivity contribution in [2.24, 2.45) is 0 Å². The predicted molar refractivity (Wildman–Crippen MR) is 81.2 cm³/mol. The number of carbonyl (C=O) groups excluding carboxylic acids is 1.